The third kappa shape index (κ3) is 3.15. The number of hydrogen-bond donors (Lipinski definition) is 0. The van der Waals surface area contributed by atoms with E-state index in [4.69, 9.17) is 23.2 Å². The Kier molecular flexibility index (Phi) is 4.23. The maximum atomic E-state index is 12.8. The Morgan fingerprint density at radius 1 is 0.826 bits per heavy atom. The van der Waals surface area contributed by atoms with Crippen molar-refractivity contribution in [3.05, 3.63) is 70.7 Å². The third-order valence-corrected chi connectivity index (χ3v) is 5.81. The smallest absolute Gasteiger partial charge is 0.264 e. The fraction of sp³-hybridized carbons (Fsp3) is 0.0588. The SMILES string of the molecule is CN(c1cc(Cl)cc(Cl)c1)S(=O)(=O)c1ccc2ccccc2c1. The highest BCUT2D eigenvalue weighted by Crippen LogP contribution is 2.29. The number of anilines is 1. The molecule has 0 N–H and O–H groups in total. The van der Waals surface area contributed by atoms with Crippen molar-refractivity contribution in [3.63, 3.8) is 0 Å². The van der Waals surface area contributed by atoms with Gasteiger partial charge < -0.3 is 0 Å². The molecule has 0 amide bonds. The molecule has 3 nitrogen and oxygen atoms in total. The molecule has 0 radical (unpaired) electrons. The number of rotatable bonds is 3. The van der Waals surface area contributed by atoms with Crippen molar-refractivity contribution in [1.82, 2.24) is 0 Å². The molecule has 3 rings (SSSR count). The second-order valence-electron chi connectivity index (χ2n) is 5.11. The summed E-state index contributed by atoms with van der Waals surface area (Å²) in [5.41, 5.74) is 0.413. The van der Waals surface area contributed by atoms with Gasteiger partial charge in [0.25, 0.3) is 10.0 Å². The molecule has 23 heavy (non-hydrogen) atoms. The normalized spacial score (nSPS) is 11.6. The molecule has 3 aromatic carbocycles. The van der Waals surface area contributed by atoms with Crippen molar-refractivity contribution in [3.8, 4) is 0 Å². The molecule has 6 heteroatoms. The zero-order chi connectivity index (χ0) is 16.6. The molecule has 0 atom stereocenters. The summed E-state index contributed by atoms with van der Waals surface area (Å²) in [4.78, 5) is 0.217. The first-order valence-electron chi connectivity index (χ1n) is 6.82. The number of benzene rings is 3. The van der Waals surface area contributed by atoms with Gasteiger partial charge in [0.05, 0.1) is 10.6 Å². The van der Waals surface area contributed by atoms with Crippen LogP contribution in [-0.2, 0) is 10.0 Å². The van der Waals surface area contributed by atoms with Gasteiger partial charge in [-0.1, -0.05) is 53.5 Å². The number of hydrogen-bond acceptors (Lipinski definition) is 2. The maximum absolute atomic E-state index is 12.8. The van der Waals surface area contributed by atoms with Crippen molar-refractivity contribution in [1.29, 1.82) is 0 Å². The van der Waals surface area contributed by atoms with Crippen LogP contribution < -0.4 is 4.31 Å². The van der Waals surface area contributed by atoms with Gasteiger partial charge in [-0.05, 0) is 41.1 Å². The molecule has 0 spiro atoms. The van der Waals surface area contributed by atoms with Crippen LogP contribution in [-0.4, -0.2) is 15.5 Å². The van der Waals surface area contributed by atoms with Crippen LogP contribution in [0.3, 0.4) is 0 Å². The second kappa shape index (κ2) is 6.04. The van der Waals surface area contributed by atoms with E-state index in [1.54, 1.807) is 36.4 Å². The highest BCUT2D eigenvalue weighted by molar-refractivity contribution is 7.92. The van der Waals surface area contributed by atoms with E-state index in [0.29, 0.717) is 15.7 Å². The lowest BCUT2D eigenvalue weighted by atomic mass is 10.1. The summed E-state index contributed by atoms with van der Waals surface area (Å²) in [7, 11) is -2.22. The fourth-order valence-corrected chi connectivity index (χ4v) is 4.08. The van der Waals surface area contributed by atoms with E-state index in [1.165, 1.54) is 11.4 Å². The molecule has 0 heterocycles. The van der Waals surface area contributed by atoms with Crippen LogP contribution in [0.25, 0.3) is 10.8 Å². The van der Waals surface area contributed by atoms with Gasteiger partial charge in [-0.15, -0.1) is 0 Å². The Balaban J connectivity index is 2.08. The van der Waals surface area contributed by atoms with E-state index in [2.05, 4.69) is 0 Å². The van der Waals surface area contributed by atoms with E-state index in [9.17, 15) is 8.42 Å². The number of halogens is 2. The van der Waals surface area contributed by atoms with Gasteiger partial charge in [0.1, 0.15) is 0 Å². The summed E-state index contributed by atoms with van der Waals surface area (Å²) in [5, 5.41) is 2.62. The molecule has 0 aliphatic heterocycles. The lowest BCUT2D eigenvalue weighted by Gasteiger charge is -2.20. The summed E-state index contributed by atoms with van der Waals surface area (Å²) < 4.78 is 26.9. The zero-order valence-electron chi connectivity index (χ0n) is 12.2. The van der Waals surface area contributed by atoms with E-state index in [1.807, 2.05) is 24.3 Å². The Hall–Kier alpha value is -1.75. The number of fused-ring (bicyclic) bond motifs is 1. The molecule has 0 bridgehead atoms. The van der Waals surface area contributed by atoms with Crippen molar-refractivity contribution >= 4 is 49.7 Å². The summed E-state index contributed by atoms with van der Waals surface area (Å²) in [6, 6.07) is 17.3. The van der Waals surface area contributed by atoms with Gasteiger partial charge in [-0.3, -0.25) is 4.31 Å². The van der Waals surface area contributed by atoms with Crippen LogP contribution in [0.5, 0.6) is 0 Å². The molecule has 0 saturated heterocycles. The molecule has 3 aromatic rings. The monoisotopic (exact) mass is 365 g/mol. The van der Waals surface area contributed by atoms with Crippen LogP contribution in [0.2, 0.25) is 10.0 Å². The van der Waals surface area contributed by atoms with Gasteiger partial charge in [-0.2, -0.15) is 0 Å². The molecule has 0 aromatic heterocycles. The lowest BCUT2D eigenvalue weighted by molar-refractivity contribution is 0.594. The topological polar surface area (TPSA) is 37.4 Å². The van der Waals surface area contributed by atoms with Crippen molar-refractivity contribution in [2.75, 3.05) is 11.4 Å². The molecule has 0 saturated carbocycles. The van der Waals surface area contributed by atoms with Gasteiger partial charge >= 0.3 is 0 Å². The minimum atomic E-state index is -3.70. The molecule has 0 aliphatic rings. The average molecular weight is 366 g/mol. The van der Waals surface area contributed by atoms with Gasteiger partial charge in [0.2, 0.25) is 0 Å². The van der Waals surface area contributed by atoms with Gasteiger partial charge in [0, 0.05) is 17.1 Å². The predicted molar refractivity (Wildman–Crippen MR) is 96.0 cm³/mol. The summed E-state index contributed by atoms with van der Waals surface area (Å²) >= 11 is 11.9. The molecule has 0 unspecified atom stereocenters. The zero-order valence-corrected chi connectivity index (χ0v) is 14.5. The van der Waals surface area contributed by atoms with Gasteiger partial charge in [-0.25, -0.2) is 8.42 Å². The Morgan fingerprint density at radius 3 is 2.09 bits per heavy atom. The largest absolute Gasteiger partial charge is 0.269 e. The molecule has 0 fully saturated rings. The van der Waals surface area contributed by atoms with Crippen LogP contribution in [0, 0.1) is 0 Å². The van der Waals surface area contributed by atoms with Crippen LogP contribution >= 0.6 is 23.2 Å². The fourth-order valence-electron chi connectivity index (χ4n) is 2.35. The minimum absolute atomic E-state index is 0.217. The maximum Gasteiger partial charge on any atom is 0.264 e. The van der Waals surface area contributed by atoms with Crippen LogP contribution in [0.15, 0.2) is 65.6 Å². The highest BCUT2D eigenvalue weighted by atomic mass is 35.5. The Morgan fingerprint density at radius 2 is 1.43 bits per heavy atom. The van der Waals surface area contributed by atoms with E-state index in [-0.39, 0.29) is 4.90 Å². The third-order valence-electron chi connectivity index (χ3n) is 3.59. The summed E-state index contributed by atoms with van der Waals surface area (Å²) in [5.74, 6) is 0. The quantitative estimate of drug-likeness (QED) is 0.656. The van der Waals surface area contributed by atoms with Crippen LogP contribution in [0.1, 0.15) is 0 Å². The number of nitrogens with zero attached hydrogens (tertiary/aromatic N) is 1. The first kappa shape index (κ1) is 16.1. The van der Waals surface area contributed by atoms with E-state index in [0.717, 1.165) is 10.8 Å². The second-order valence-corrected chi connectivity index (χ2v) is 7.95. The number of sulfonamides is 1. The summed E-state index contributed by atoms with van der Waals surface area (Å²) in [6.45, 7) is 0. The van der Waals surface area contributed by atoms with Crippen molar-refractivity contribution < 1.29 is 8.42 Å². The Labute approximate surface area is 145 Å². The molecule has 118 valence electrons. The predicted octanol–water partition coefficient (Wildman–Crippen LogP) is 4.97. The highest BCUT2D eigenvalue weighted by Gasteiger charge is 2.22. The molecular formula is C17H13Cl2NO2S. The average Bonchev–Trinajstić information content (AvgIpc) is 2.52. The van der Waals surface area contributed by atoms with Crippen molar-refractivity contribution in [2.24, 2.45) is 0 Å². The lowest BCUT2D eigenvalue weighted by Crippen LogP contribution is -2.26. The Bertz CT molecular complexity index is 967. The van der Waals surface area contributed by atoms with Crippen molar-refractivity contribution in [2.45, 2.75) is 4.90 Å². The first-order chi connectivity index (χ1) is 10.9. The standard InChI is InChI=1S/C17H13Cl2NO2S/c1-20(16-10-14(18)9-15(19)11-16)23(21,22)17-7-6-12-4-2-3-5-13(12)8-17/h2-11H,1H3. The molecule has 0 aliphatic carbocycles. The van der Waals surface area contributed by atoms with Crippen LogP contribution in [0.4, 0.5) is 5.69 Å². The first-order valence-corrected chi connectivity index (χ1v) is 9.01. The molecular weight excluding hydrogens is 353 g/mol. The van der Waals surface area contributed by atoms with E-state index < -0.39 is 10.0 Å². The van der Waals surface area contributed by atoms with Gasteiger partial charge in [0.15, 0.2) is 0 Å². The van der Waals surface area contributed by atoms with E-state index >= 15 is 0 Å². The minimum Gasteiger partial charge on any atom is -0.269 e. The summed E-state index contributed by atoms with van der Waals surface area (Å²) in [6.07, 6.45) is 0.